The average molecular weight is 328 g/mol. The second kappa shape index (κ2) is 7.93. The Hall–Kier alpha value is -1.68. The molecule has 2 saturated heterocycles. The van der Waals surface area contributed by atoms with E-state index >= 15 is 0 Å². The third kappa shape index (κ3) is 3.86. The molecular formula is C20H28N2O2. The van der Waals surface area contributed by atoms with Gasteiger partial charge in [-0.15, -0.1) is 0 Å². The van der Waals surface area contributed by atoms with Crippen LogP contribution in [0.3, 0.4) is 0 Å². The highest BCUT2D eigenvalue weighted by Gasteiger charge is 2.40. The van der Waals surface area contributed by atoms with Crippen molar-refractivity contribution in [2.24, 2.45) is 0 Å². The van der Waals surface area contributed by atoms with Crippen LogP contribution in [0.5, 0.6) is 0 Å². The number of ketones is 1. The van der Waals surface area contributed by atoms with E-state index in [1.165, 1.54) is 5.56 Å². The summed E-state index contributed by atoms with van der Waals surface area (Å²) in [7, 11) is 0. The van der Waals surface area contributed by atoms with Crippen molar-refractivity contribution in [1.82, 2.24) is 10.2 Å². The van der Waals surface area contributed by atoms with Gasteiger partial charge >= 0.3 is 0 Å². The molecule has 130 valence electrons. The summed E-state index contributed by atoms with van der Waals surface area (Å²) < 4.78 is 0. The van der Waals surface area contributed by atoms with Crippen LogP contribution >= 0.6 is 0 Å². The van der Waals surface area contributed by atoms with E-state index in [4.69, 9.17) is 0 Å². The minimum Gasteiger partial charge on any atom is -0.329 e. The molecule has 4 heteroatoms. The molecule has 0 aromatic heterocycles. The lowest BCUT2D eigenvalue weighted by Crippen LogP contribution is -2.50. The number of Topliss-reactive ketones (excluding diaryl/α,β-unsaturated/α-hetero) is 1. The molecule has 3 atom stereocenters. The Morgan fingerprint density at radius 1 is 1.17 bits per heavy atom. The molecule has 0 bridgehead atoms. The van der Waals surface area contributed by atoms with E-state index in [0.29, 0.717) is 6.42 Å². The Balaban J connectivity index is 1.55. The molecule has 1 aromatic rings. The number of amides is 1. The summed E-state index contributed by atoms with van der Waals surface area (Å²) in [5, 5.41) is 3.28. The van der Waals surface area contributed by atoms with Gasteiger partial charge in [-0.05, 0) is 57.6 Å². The Kier molecular flexibility index (Phi) is 5.67. The van der Waals surface area contributed by atoms with Crippen molar-refractivity contribution in [3.05, 3.63) is 35.9 Å². The van der Waals surface area contributed by atoms with Crippen molar-refractivity contribution in [2.75, 3.05) is 6.54 Å². The maximum atomic E-state index is 12.8. The van der Waals surface area contributed by atoms with Crippen molar-refractivity contribution in [3.8, 4) is 0 Å². The first-order chi connectivity index (χ1) is 11.7. The molecule has 0 radical (unpaired) electrons. The van der Waals surface area contributed by atoms with Crippen LogP contribution in [-0.2, 0) is 16.0 Å². The van der Waals surface area contributed by atoms with Crippen LogP contribution in [0.2, 0.25) is 0 Å². The van der Waals surface area contributed by atoms with Crippen molar-refractivity contribution in [3.63, 3.8) is 0 Å². The van der Waals surface area contributed by atoms with Crippen LogP contribution in [0.1, 0.15) is 51.0 Å². The number of hydrogen-bond acceptors (Lipinski definition) is 3. The molecule has 0 saturated carbocycles. The van der Waals surface area contributed by atoms with Crippen molar-refractivity contribution in [1.29, 1.82) is 0 Å². The summed E-state index contributed by atoms with van der Waals surface area (Å²) >= 11 is 0. The molecule has 1 amide bonds. The molecule has 1 N–H and O–H groups in total. The first-order valence-electron chi connectivity index (χ1n) is 9.29. The number of hydrogen-bond donors (Lipinski definition) is 1. The number of rotatable bonds is 6. The number of likely N-dealkylation sites (tertiary alicyclic amines) is 1. The molecule has 0 aliphatic carbocycles. The van der Waals surface area contributed by atoms with E-state index < -0.39 is 0 Å². The van der Waals surface area contributed by atoms with Gasteiger partial charge in [0.1, 0.15) is 0 Å². The largest absolute Gasteiger partial charge is 0.329 e. The van der Waals surface area contributed by atoms with Gasteiger partial charge in [0.25, 0.3) is 0 Å². The van der Waals surface area contributed by atoms with Crippen LogP contribution < -0.4 is 5.32 Å². The minimum absolute atomic E-state index is 0.0785. The first kappa shape index (κ1) is 17.2. The average Bonchev–Trinajstić information content (AvgIpc) is 3.25. The highest BCUT2D eigenvalue weighted by Crippen LogP contribution is 2.28. The quantitative estimate of drug-likeness (QED) is 0.873. The summed E-state index contributed by atoms with van der Waals surface area (Å²) in [5.41, 5.74) is 1.27. The van der Waals surface area contributed by atoms with Crippen molar-refractivity contribution >= 4 is 11.7 Å². The summed E-state index contributed by atoms with van der Waals surface area (Å²) in [6.07, 6.45) is 6.06. The van der Waals surface area contributed by atoms with Gasteiger partial charge in [-0.2, -0.15) is 0 Å². The van der Waals surface area contributed by atoms with Gasteiger partial charge < -0.3 is 10.2 Å². The summed E-state index contributed by atoms with van der Waals surface area (Å²) in [6, 6.07) is 10.2. The van der Waals surface area contributed by atoms with Gasteiger partial charge in [-0.1, -0.05) is 30.3 Å². The van der Waals surface area contributed by atoms with E-state index in [9.17, 15) is 9.59 Å². The maximum Gasteiger partial charge on any atom is 0.240 e. The summed E-state index contributed by atoms with van der Waals surface area (Å²) in [4.78, 5) is 27.4. The van der Waals surface area contributed by atoms with Gasteiger partial charge in [0.15, 0.2) is 5.78 Å². The van der Waals surface area contributed by atoms with Crippen molar-refractivity contribution < 1.29 is 9.59 Å². The number of carbonyl (C=O) groups is 2. The van der Waals surface area contributed by atoms with Gasteiger partial charge in [0, 0.05) is 12.5 Å². The molecule has 2 aliphatic rings. The normalized spacial score (nSPS) is 26.7. The Bertz CT molecular complexity index is 566. The van der Waals surface area contributed by atoms with E-state index in [2.05, 4.69) is 24.4 Å². The maximum absolute atomic E-state index is 12.8. The number of nitrogens with one attached hydrogen (secondary N) is 1. The number of carbonyl (C=O) groups excluding carboxylic acids is 2. The Labute approximate surface area is 144 Å². The predicted octanol–water partition coefficient (Wildman–Crippen LogP) is 2.71. The fraction of sp³-hybridized carbons (Fsp3) is 0.600. The van der Waals surface area contributed by atoms with E-state index in [0.717, 1.165) is 45.1 Å². The zero-order valence-electron chi connectivity index (χ0n) is 14.5. The molecule has 24 heavy (non-hydrogen) atoms. The number of benzene rings is 1. The first-order valence-corrected chi connectivity index (χ1v) is 9.29. The fourth-order valence-corrected chi connectivity index (χ4v) is 4.02. The highest BCUT2D eigenvalue weighted by atomic mass is 16.2. The van der Waals surface area contributed by atoms with Crippen LogP contribution in [-0.4, -0.2) is 41.3 Å². The topological polar surface area (TPSA) is 49.4 Å². The highest BCUT2D eigenvalue weighted by molar-refractivity contribution is 5.91. The minimum atomic E-state index is -0.203. The second-order valence-electron chi connectivity index (χ2n) is 7.14. The smallest absolute Gasteiger partial charge is 0.240 e. The molecule has 2 fully saturated rings. The fourth-order valence-electron chi connectivity index (χ4n) is 4.02. The monoisotopic (exact) mass is 328 g/mol. The SMILES string of the molecule is C[C@H]1CCC(C(=O)CCCc2ccccc2)N1C(=O)[C@@H]1CCCN1. The number of nitrogens with zero attached hydrogens (tertiary/aromatic N) is 1. The molecule has 3 rings (SSSR count). The van der Waals surface area contributed by atoms with Gasteiger partial charge in [-0.25, -0.2) is 0 Å². The predicted molar refractivity (Wildman–Crippen MR) is 94.7 cm³/mol. The third-order valence-corrected chi connectivity index (χ3v) is 5.38. The Morgan fingerprint density at radius 3 is 2.67 bits per heavy atom. The van der Waals surface area contributed by atoms with Gasteiger partial charge in [0.05, 0.1) is 12.1 Å². The van der Waals surface area contributed by atoms with Crippen LogP contribution in [0.25, 0.3) is 0 Å². The standard InChI is InChI=1S/C20H28N2O2/c1-15-12-13-18(22(15)20(24)17-10-6-14-21-17)19(23)11-5-9-16-7-3-2-4-8-16/h2-4,7-8,15,17-18,21H,5-6,9-14H2,1H3/t15-,17-,18?/m0/s1. The van der Waals surface area contributed by atoms with Crippen LogP contribution in [0.4, 0.5) is 0 Å². The van der Waals surface area contributed by atoms with Crippen LogP contribution in [0.15, 0.2) is 30.3 Å². The molecule has 1 unspecified atom stereocenters. The Morgan fingerprint density at radius 2 is 1.96 bits per heavy atom. The van der Waals surface area contributed by atoms with Crippen molar-refractivity contribution in [2.45, 2.75) is 70.0 Å². The molecule has 2 aliphatic heterocycles. The summed E-state index contributed by atoms with van der Waals surface area (Å²) in [6.45, 7) is 2.98. The lowest BCUT2D eigenvalue weighted by Gasteiger charge is -2.30. The van der Waals surface area contributed by atoms with E-state index in [1.807, 2.05) is 23.1 Å². The zero-order valence-corrected chi connectivity index (χ0v) is 14.5. The van der Waals surface area contributed by atoms with Crippen LogP contribution in [0, 0.1) is 0 Å². The molecule has 2 heterocycles. The van der Waals surface area contributed by atoms with Gasteiger partial charge in [0.2, 0.25) is 5.91 Å². The molecule has 1 aromatic carbocycles. The lowest BCUT2D eigenvalue weighted by atomic mass is 10.0. The number of aryl methyl sites for hydroxylation is 1. The summed E-state index contributed by atoms with van der Waals surface area (Å²) in [5.74, 6) is 0.375. The zero-order chi connectivity index (χ0) is 16.9. The third-order valence-electron chi connectivity index (χ3n) is 5.38. The molecular weight excluding hydrogens is 300 g/mol. The second-order valence-corrected chi connectivity index (χ2v) is 7.14. The molecule has 0 spiro atoms. The van der Waals surface area contributed by atoms with E-state index in [-0.39, 0.29) is 29.8 Å². The molecule has 4 nitrogen and oxygen atoms in total. The lowest BCUT2D eigenvalue weighted by molar-refractivity contribution is -0.140. The van der Waals surface area contributed by atoms with Gasteiger partial charge in [-0.3, -0.25) is 9.59 Å². The van der Waals surface area contributed by atoms with E-state index in [1.54, 1.807) is 0 Å².